The van der Waals surface area contributed by atoms with Gasteiger partial charge in [0.15, 0.2) is 0 Å². The van der Waals surface area contributed by atoms with Gasteiger partial charge in [-0.25, -0.2) is 0 Å². The maximum Gasteiger partial charge on any atom is 0.0965 e. The Morgan fingerprint density at radius 1 is 1.46 bits per heavy atom. The second kappa shape index (κ2) is 4.09. The molecule has 2 rings (SSSR count). The van der Waals surface area contributed by atoms with Crippen LogP contribution in [0.1, 0.15) is 32.1 Å². The molecule has 0 amide bonds. The normalized spacial score (nSPS) is 33.5. The van der Waals surface area contributed by atoms with E-state index in [0.717, 1.165) is 19.4 Å². The van der Waals surface area contributed by atoms with Crippen LogP contribution in [0.5, 0.6) is 0 Å². The summed E-state index contributed by atoms with van der Waals surface area (Å²) in [7, 11) is 1.81. The molecule has 2 atom stereocenters. The Labute approximate surface area is 79.6 Å². The van der Waals surface area contributed by atoms with Crippen molar-refractivity contribution in [3.63, 3.8) is 0 Å². The Balaban J connectivity index is 1.76. The minimum Gasteiger partial charge on any atom is -0.381 e. The van der Waals surface area contributed by atoms with Crippen molar-refractivity contribution in [1.82, 2.24) is 5.32 Å². The molecular weight excluding hydrogens is 164 g/mol. The van der Waals surface area contributed by atoms with Crippen molar-refractivity contribution in [2.24, 2.45) is 4.99 Å². The average Bonchev–Trinajstić information content (AvgIpc) is 2.76. The molecule has 0 spiro atoms. The molecule has 1 N–H and O–H groups in total. The second-order valence-corrected chi connectivity index (χ2v) is 3.94. The molecule has 3 heteroatoms. The minimum absolute atomic E-state index is 0.472. The van der Waals surface area contributed by atoms with Gasteiger partial charge in [0.2, 0.25) is 0 Å². The molecule has 1 fully saturated rings. The van der Waals surface area contributed by atoms with Gasteiger partial charge in [0.1, 0.15) is 0 Å². The van der Waals surface area contributed by atoms with Gasteiger partial charge >= 0.3 is 0 Å². The third-order valence-electron chi connectivity index (χ3n) is 2.96. The molecule has 2 unspecified atom stereocenters. The molecule has 1 aliphatic heterocycles. The van der Waals surface area contributed by atoms with E-state index in [4.69, 9.17) is 4.74 Å². The first-order valence-electron chi connectivity index (χ1n) is 5.21. The van der Waals surface area contributed by atoms with Crippen molar-refractivity contribution in [1.29, 1.82) is 0 Å². The summed E-state index contributed by atoms with van der Waals surface area (Å²) in [5.74, 6) is 1.22. The summed E-state index contributed by atoms with van der Waals surface area (Å²) in [4.78, 5) is 4.41. The summed E-state index contributed by atoms with van der Waals surface area (Å²) in [6.45, 7) is 1.02. The molecule has 0 saturated heterocycles. The summed E-state index contributed by atoms with van der Waals surface area (Å²) < 4.78 is 5.33. The zero-order valence-corrected chi connectivity index (χ0v) is 8.25. The Bertz CT molecular complexity index is 203. The molecule has 0 radical (unpaired) electrons. The van der Waals surface area contributed by atoms with E-state index >= 15 is 0 Å². The van der Waals surface area contributed by atoms with Crippen molar-refractivity contribution in [2.75, 3.05) is 13.7 Å². The number of hydrogen-bond donors (Lipinski definition) is 1. The number of ether oxygens (including phenoxy) is 1. The number of aliphatic imine (C=N–C) groups is 1. The number of methoxy groups -OCH3 is 1. The van der Waals surface area contributed by atoms with E-state index in [-0.39, 0.29) is 0 Å². The van der Waals surface area contributed by atoms with Crippen molar-refractivity contribution < 1.29 is 4.74 Å². The third-order valence-corrected chi connectivity index (χ3v) is 2.96. The number of hydrogen-bond acceptors (Lipinski definition) is 3. The van der Waals surface area contributed by atoms with Crippen LogP contribution in [0.3, 0.4) is 0 Å². The van der Waals surface area contributed by atoms with E-state index in [1.165, 1.54) is 25.1 Å². The van der Waals surface area contributed by atoms with E-state index in [1.54, 1.807) is 7.11 Å². The van der Waals surface area contributed by atoms with Gasteiger partial charge in [-0.05, 0) is 25.7 Å². The van der Waals surface area contributed by atoms with Crippen molar-refractivity contribution >= 4 is 5.84 Å². The van der Waals surface area contributed by atoms with Crippen LogP contribution >= 0.6 is 0 Å². The Morgan fingerprint density at radius 3 is 3.00 bits per heavy atom. The summed E-state index contributed by atoms with van der Waals surface area (Å²) in [5.41, 5.74) is 0. The predicted octanol–water partition coefficient (Wildman–Crippen LogP) is 1.34. The molecule has 0 aromatic carbocycles. The van der Waals surface area contributed by atoms with Crippen molar-refractivity contribution in [2.45, 2.75) is 44.2 Å². The Hall–Kier alpha value is -0.570. The fourth-order valence-corrected chi connectivity index (χ4v) is 2.18. The maximum absolute atomic E-state index is 5.33. The fourth-order valence-electron chi connectivity index (χ4n) is 2.18. The zero-order chi connectivity index (χ0) is 9.10. The number of nitrogens with zero attached hydrogens (tertiary/aromatic N) is 1. The van der Waals surface area contributed by atoms with Crippen LogP contribution in [-0.2, 0) is 4.74 Å². The summed E-state index contributed by atoms with van der Waals surface area (Å²) in [6.07, 6.45) is 6.42. The van der Waals surface area contributed by atoms with Crippen LogP contribution in [0, 0.1) is 0 Å². The van der Waals surface area contributed by atoms with E-state index < -0.39 is 0 Å². The minimum atomic E-state index is 0.472. The molecule has 74 valence electrons. The third kappa shape index (κ3) is 2.21. The second-order valence-electron chi connectivity index (χ2n) is 3.94. The van der Waals surface area contributed by atoms with Crippen LogP contribution in [0.25, 0.3) is 0 Å². The highest BCUT2D eigenvalue weighted by molar-refractivity contribution is 5.83. The first-order chi connectivity index (χ1) is 6.38. The van der Waals surface area contributed by atoms with Gasteiger partial charge in [-0.1, -0.05) is 0 Å². The van der Waals surface area contributed by atoms with Crippen LogP contribution in [0.2, 0.25) is 0 Å². The lowest BCUT2D eigenvalue weighted by atomic mass is 10.2. The highest BCUT2D eigenvalue weighted by Gasteiger charge is 2.25. The molecule has 0 aromatic heterocycles. The smallest absolute Gasteiger partial charge is 0.0965 e. The molecule has 1 saturated carbocycles. The summed E-state index contributed by atoms with van der Waals surface area (Å²) in [5, 5.41) is 3.51. The van der Waals surface area contributed by atoms with Crippen LogP contribution in [-0.4, -0.2) is 31.6 Å². The fraction of sp³-hybridized carbons (Fsp3) is 0.900. The van der Waals surface area contributed by atoms with Gasteiger partial charge in [0.25, 0.3) is 0 Å². The highest BCUT2D eigenvalue weighted by atomic mass is 16.5. The number of rotatable bonds is 2. The quantitative estimate of drug-likeness (QED) is 0.699. The molecule has 0 bridgehead atoms. The molecule has 0 aromatic rings. The van der Waals surface area contributed by atoms with Crippen LogP contribution < -0.4 is 5.32 Å². The van der Waals surface area contributed by atoms with E-state index in [9.17, 15) is 0 Å². The monoisotopic (exact) mass is 182 g/mol. The average molecular weight is 182 g/mol. The van der Waals surface area contributed by atoms with Gasteiger partial charge in [0, 0.05) is 26.1 Å². The first-order valence-corrected chi connectivity index (χ1v) is 5.21. The molecular formula is C10H18N2O. The van der Waals surface area contributed by atoms with Crippen LogP contribution in [0.15, 0.2) is 4.99 Å². The maximum atomic E-state index is 5.33. The van der Waals surface area contributed by atoms with E-state index in [0.29, 0.717) is 12.1 Å². The summed E-state index contributed by atoms with van der Waals surface area (Å²) in [6, 6.07) is 0.613. The van der Waals surface area contributed by atoms with Gasteiger partial charge < -0.3 is 10.1 Å². The number of nitrogens with one attached hydrogen (secondary N) is 1. The topological polar surface area (TPSA) is 33.6 Å². The molecule has 1 heterocycles. The molecule has 1 aliphatic carbocycles. The lowest BCUT2D eigenvalue weighted by Crippen LogP contribution is -2.32. The lowest BCUT2D eigenvalue weighted by molar-refractivity contribution is 0.107. The van der Waals surface area contributed by atoms with Crippen LogP contribution in [0.4, 0.5) is 0 Å². The number of amidine groups is 1. The standard InChI is InChI=1S/C10H18N2O/c1-13-9-5-4-8(7-9)12-10-3-2-6-11-10/h8-9H,2-7H2,1H3,(H,11,12). The first kappa shape index (κ1) is 9.00. The molecule has 3 nitrogen and oxygen atoms in total. The van der Waals surface area contributed by atoms with E-state index in [2.05, 4.69) is 10.3 Å². The SMILES string of the molecule is COC1CCC(NC2=NCCC2)C1. The Morgan fingerprint density at radius 2 is 2.38 bits per heavy atom. The van der Waals surface area contributed by atoms with E-state index in [1.807, 2.05) is 0 Å². The summed E-state index contributed by atoms with van der Waals surface area (Å²) >= 11 is 0. The predicted molar refractivity (Wildman–Crippen MR) is 53.1 cm³/mol. The van der Waals surface area contributed by atoms with Gasteiger partial charge in [-0.15, -0.1) is 0 Å². The van der Waals surface area contributed by atoms with Gasteiger partial charge in [-0.3, -0.25) is 4.99 Å². The lowest BCUT2D eigenvalue weighted by Gasteiger charge is -2.13. The largest absolute Gasteiger partial charge is 0.381 e. The Kier molecular flexibility index (Phi) is 2.83. The zero-order valence-electron chi connectivity index (χ0n) is 8.25. The highest BCUT2D eigenvalue weighted by Crippen LogP contribution is 2.21. The van der Waals surface area contributed by atoms with Gasteiger partial charge in [0.05, 0.1) is 11.9 Å². The molecule has 2 aliphatic rings. The van der Waals surface area contributed by atoms with Crippen molar-refractivity contribution in [3.8, 4) is 0 Å². The molecule has 13 heavy (non-hydrogen) atoms. The van der Waals surface area contributed by atoms with Crippen molar-refractivity contribution in [3.05, 3.63) is 0 Å². The van der Waals surface area contributed by atoms with Gasteiger partial charge in [-0.2, -0.15) is 0 Å².